The summed E-state index contributed by atoms with van der Waals surface area (Å²) in [6, 6.07) is 5.41. The van der Waals surface area contributed by atoms with Crippen LogP contribution in [0, 0.1) is 0 Å². The summed E-state index contributed by atoms with van der Waals surface area (Å²) in [5.74, 6) is 1.14. The molecule has 0 atom stereocenters. The van der Waals surface area contributed by atoms with E-state index in [0.29, 0.717) is 16.7 Å². The van der Waals surface area contributed by atoms with Crippen molar-refractivity contribution in [3.8, 4) is 0 Å². The van der Waals surface area contributed by atoms with Crippen molar-refractivity contribution < 1.29 is 0 Å². The SMILES string of the molecule is Cn1cc2c(n1)Nc1cc(Cl)ccc1N=C2N. The minimum absolute atomic E-state index is 0.446. The maximum atomic E-state index is 5.95. The average molecular weight is 248 g/mol. The van der Waals surface area contributed by atoms with E-state index in [9.17, 15) is 0 Å². The molecule has 0 spiro atoms. The molecule has 0 bridgehead atoms. The number of hydrogen-bond donors (Lipinski definition) is 2. The molecule has 0 saturated heterocycles. The van der Waals surface area contributed by atoms with Crippen LogP contribution in [0.2, 0.25) is 5.02 Å². The highest BCUT2D eigenvalue weighted by molar-refractivity contribution is 6.31. The number of amidine groups is 1. The first kappa shape index (κ1) is 10.2. The van der Waals surface area contributed by atoms with Gasteiger partial charge in [0.05, 0.1) is 16.9 Å². The third-order valence-corrected chi connectivity index (χ3v) is 2.79. The molecule has 0 aliphatic carbocycles. The number of benzene rings is 1. The number of rotatable bonds is 0. The molecular weight excluding hydrogens is 238 g/mol. The van der Waals surface area contributed by atoms with Crippen LogP contribution in [0.25, 0.3) is 0 Å². The van der Waals surface area contributed by atoms with Gasteiger partial charge < -0.3 is 11.1 Å². The van der Waals surface area contributed by atoms with Crippen molar-refractivity contribution in [2.24, 2.45) is 17.8 Å². The fraction of sp³-hybridized carbons (Fsp3) is 0.0909. The van der Waals surface area contributed by atoms with Gasteiger partial charge in [-0.15, -0.1) is 0 Å². The zero-order chi connectivity index (χ0) is 12.0. The first-order chi connectivity index (χ1) is 8.13. The van der Waals surface area contributed by atoms with Crippen molar-refractivity contribution in [2.45, 2.75) is 0 Å². The normalized spacial score (nSPS) is 13.2. The van der Waals surface area contributed by atoms with E-state index in [2.05, 4.69) is 15.4 Å². The van der Waals surface area contributed by atoms with Gasteiger partial charge in [0, 0.05) is 18.3 Å². The van der Waals surface area contributed by atoms with E-state index in [1.807, 2.05) is 19.3 Å². The molecule has 3 rings (SSSR count). The maximum absolute atomic E-state index is 5.95. The molecule has 0 amide bonds. The molecule has 2 aromatic rings. The van der Waals surface area contributed by atoms with E-state index in [1.54, 1.807) is 16.8 Å². The summed E-state index contributed by atoms with van der Waals surface area (Å²) >= 11 is 5.95. The van der Waals surface area contributed by atoms with Crippen LogP contribution < -0.4 is 11.1 Å². The van der Waals surface area contributed by atoms with Crippen LogP contribution in [0.3, 0.4) is 0 Å². The summed E-state index contributed by atoms with van der Waals surface area (Å²) in [4.78, 5) is 4.36. The predicted molar refractivity (Wildman–Crippen MR) is 68.3 cm³/mol. The van der Waals surface area contributed by atoms with Crippen LogP contribution in [0.5, 0.6) is 0 Å². The Morgan fingerprint density at radius 3 is 3.06 bits per heavy atom. The minimum Gasteiger partial charge on any atom is -0.383 e. The Balaban J connectivity index is 2.22. The Morgan fingerprint density at radius 1 is 1.41 bits per heavy atom. The zero-order valence-corrected chi connectivity index (χ0v) is 9.86. The van der Waals surface area contributed by atoms with Crippen LogP contribution in [0.4, 0.5) is 17.2 Å². The van der Waals surface area contributed by atoms with Crippen molar-refractivity contribution in [1.82, 2.24) is 9.78 Å². The van der Waals surface area contributed by atoms with Gasteiger partial charge in [-0.2, -0.15) is 5.10 Å². The lowest BCUT2D eigenvalue weighted by molar-refractivity contribution is 0.771. The summed E-state index contributed by atoms with van der Waals surface area (Å²) < 4.78 is 1.69. The minimum atomic E-state index is 0.446. The summed E-state index contributed by atoms with van der Waals surface area (Å²) in [6.07, 6.45) is 1.83. The molecule has 86 valence electrons. The van der Waals surface area contributed by atoms with Gasteiger partial charge >= 0.3 is 0 Å². The number of nitrogens with two attached hydrogens (primary N) is 1. The highest BCUT2D eigenvalue weighted by Gasteiger charge is 2.17. The lowest BCUT2D eigenvalue weighted by atomic mass is 10.2. The number of anilines is 2. The quantitative estimate of drug-likeness (QED) is 0.750. The molecule has 1 aliphatic rings. The van der Waals surface area contributed by atoms with E-state index in [4.69, 9.17) is 17.3 Å². The second-order valence-electron chi connectivity index (χ2n) is 3.85. The van der Waals surface area contributed by atoms with Crippen molar-refractivity contribution >= 4 is 34.6 Å². The molecule has 3 N–H and O–H groups in total. The third-order valence-electron chi connectivity index (χ3n) is 2.56. The van der Waals surface area contributed by atoms with E-state index < -0.39 is 0 Å². The smallest absolute Gasteiger partial charge is 0.163 e. The number of aliphatic imine (C=N–C) groups is 1. The highest BCUT2D eigenvalue weighted by atomic mass is 35.5. The topological polar surface area (TPSA) is 68.2 Å². The number of nitrogens with zero attached hydrogens (tertiary/aromatic N) is 3. The Labute approximate surface area is 103 Å². The molecular formula is C11H10ClN5. The number of halogens is 1. The summed E-state index contributed by atoms with van der Waals surface area (Å²) in [6.45, 7) is 0. The number of hydrogen-bond acceptors (Lipinski definition) is 4. The predicted octanol–water partition coefficient (Wildman–Crippen LogP) is 2.17. The van der Waals surface area contributed by atoms with Crippen LogP contribution in [-0.2, 0) is 7.05 Å². The summed E-state index contributed by atoms with van der Waals surface area (Å²) in [7, 11) is 1.84. The molecule has 2 heterocycles. The molecule has 0 radical (unpaired) electrons. The number of fused-ring (bicyclic) bond motifs is 2. The fourth-order valence-corrected chi connectivity index (χ4v) is 1.96. The molecule has 6 heteroatoms. The summed E-state index contributed by atoms with van der Waals surface area (Å²) in [5.41, 5.74) is 8.29. The monoisotopic (exact) mass is 247 g/mol. The molecule has 0 unspecified atom stereocenters. The van der Waals surface area contributed by atoms with Gasteiger partial charge in [-0.05, 0) is 18.2 Å². The Morgan fingerprint density at radius 2 is 2.24 bits per heavy atom. The standard InChI is InChI=1S/C11H10ClN5/c1-17-5-7-10(13)14-8-3-2-6(12)4-9(8)15-11(7)16-17/h2-5H,1H3,(H2,13,14)(H,15,16). The molecule has 1 aromatic heterocycles. The van der Waals surface area contributed by atoms with Crippen molar-refractivity contribution in [2.75, 3.05) is 5.32 Å². The highest BCUT2D eigenvalue weighted by Crippen LogP contribution is 2.34. The Kier molecular flexibility index (Phi) is 2.09. The molecule has 5 nitrogen and oxygen atoms in total. The number of aromatic nitrogens is 2. The zero-order valence-electron chi connectivity index (χ0n) is 9.11. The van der Waals surface area contributed by atoms with Crippen molar-refractivity contribution in [3.63, 3.8) is 0 Å². The van der Waals surface area contributed by atoms with Crippen LogP contribution in [0.15, 0.2) is 29.4 Å². The first-order valence-corrected chi connectivity index (χ1v) is 5.46. The van der Waals surface area contributed by atoms with Gasteiger partial charge in [-0.3, -0.25) is 4.68 Å². The van der Waals surface area contributed by atoms with Crippen LogP contribution in [-0.4, -0.2) is 15.6 Å². The van der Waals surface area contributed by atoms with Crippen LogP contribution >= 0.6 is 11.6 Å². The van der Waals surface area contributed by atoms with Gasteiger partial charge in [0.2, 0.25) is 0 Å². The molecule has 1 aromatic carbocycles. The average Bonchev–Trinajstić information content (AvgIpc) is 2.58. The van der Waals surface area contributed by atoms with Gasteiger partial charge in [-0.25, -0.2) is 4.99 Å². The van der Waals surface area contributed by atoms with Crippen molar-refractivity contribution in [3.05, 3.63) is 35.0 Å². The fourth-order valence-electron chi connectivity index (χ4n) is 1.79. The second kappa shape index (κ2) is 3.49. The second-order valence-corrected chi connectivity index (χ2v) is 4.29. The van der Waals surface area contributed by atoms with Gasteiger partial charge in [0.25, 0.3) is 0 Å². The molecule has 0 fully saturated rings. The lowest BCUT2D eigenvalue weighted by Crippen LogP contribution is -2.12. The van der Waals surface area contributed by atoms with Gasteiger partial charge in [0.1, 0.15) is 5.84 Å². The summed E-state index contributed by atoms with van der Waals surface area (Å²) in [5, 5.41) is 8.12. The largest absolute Gasteiger partial charge is 0.383 e. The molecule has 0 saturated carbocycles. The van der Waals surface area contributed by atoms with E-state index >= 15 is 0 Å². The lowest BCUT2D eigenvalue weighted by Gasteiger charge is -2.05. The maximum Gasteiger partial charge on any atom is 0.163 e. The van der Waals surface area contributed by atoms with Gasteiger partial charge in [0.15, 0.2) is 5.82 Å². The Bertz CT molecular complexity index is 629. The van der Waals surface area contributed by atoms with Gasteiger partial charge in [-0.1, -0.05) is 11.6 Å². The molecule has 17 heavy (non-hydrogen) atoms. The van der Waals surface area contributed by atoms with E-state index in [1.165, 1.54) is 0 Å². The number of aryl methyl sites for hydroxylation is 1. The first-order valence-electron chi connectivity index (χ1n) is 5.08. The van der Waals surface area contributed by atoms with E-state index in [0.717, 1.165) is 16.9 Å². The number of nitrogens with one attached hydrogen (secondary N) is 1. The van der Waals surface area contributed by atoms with E-state index in [-0.39, 0.29) is 0 Å². The third kappa shape index (κ3) is 1.64. The van der Waals surface area contributed by atoms with Crippen molar-refractivity contribution in [1.29, 1.82) is 0 Å². The molecule has 1 aliphatic heterocycles. The van der Waals surface area contributed by atoms with Crippen LogP contribution in [0.1, 0.15) is 5.56 Å². The Hall–Kier alpha value is -2.01.